The Morgan fingerprint density at radius 2 is 2.13 bits per heavy atom. The maximum atomic E-state index is 11.5. The Morgan fingerprint density at radius 1 is 1.33 bits per heavy atom. The van der Waals surface area contributed by atoms with E-state index in [4.69, 9.17) is 4.42 Å². The first-order valence-electron chi connectivity index (χ1n) is 4.83. The Kier molecular flexibility index (Phi) is 6.02. The van der Waals surface area contributed by atoms with Gasteiger partial charge in [0.05, 0.1) is 0 Å². The molecule has 15 heavy (non-hydrogen) atoms. The van der Waals surface area contributed by atoms with Crippen molar-refractivity contribution in [3.05, 3.63) is 22.6 Å². The maximum absolute atomic E-state index is 11.5. The van der Waals surface area contributed by atoms with Crippen LogP contribution in [0.4, 0.5) is 0 Å². The van der Waals surface area contributed by atoms with Gasteiger partial charge < -0.3 is 9.73 Å². The Hall–Kier alpha value is -0.290. The molecule has 0 saturated heterocycles. The second-order valence-corrected chi connectivity index (χ2v) is 4.68. The topological polar surface area (TPSA) is 42.2 Å². The molecule has 1 heterocycles. The number of carbonyl (C=O) groups is 1. The maximum Gasteiger partial charge on any atom is 0.287 e. The van der Waals surface area contributed by atoms with Gasteiger partial charge in [-0.1, -0.05) is 22.4 Å². The van der Waals surface area contributed by atoms with Crippen LogP contribution >= 0.6 is 31.9 Å². The third-order valence-electron chi connectivity index (χ3n) is 1.89. The van der Waals surface area contributed by atoms with Crippen molar-refractivity contribution < 1.29 is 9.21 Å². The van der Waals surface area contributed by atoms with Gasteiger partial charge in [0.25, 0.3) is 5.91 Å². The second kappa shape index (κ2) is 7.06. The number of carbonyl (C=O) groups excluding carboxylic acids is 1. The number of amides is 1. The average Bonchev–Trinajstić information content (AvgIpc) is 2.64. The summed E-state index contributed by atoms with van der Waals surface area (Å²) >= 11 is 6.51. The molecule has 0 unspecified atom stereocenters. The van der Waals surface area contributed by atoms with E-state index in [1.54, 1.807) is 12.1 Å². The normalized spacial score (nSPS) is 10.3. The largest absolute Gasteiger partial charge is 0.444 e. The third-order valence-corrected chi connectivity index (χ3v) is 2.88. The highest BCUT2D eigenvalue weighted by Gasteiger charge is 2.08. The summed E-state index contributed by atoms with van der Waals surface area (Å²) in [6.45, 7) is 0.699. The van der Waals surface area contributed by atoms with E-state index in [9.17, 15) is 4.79 Å². The van der Waals surface area contributed by atoms with Gasteiger partial charge in [0, 0.05) is 11.9 Å². The monoisotopic (exact) mass is 337 g/mol. The molecule has 0 spiro atoms. The van der Waals surface area contributed by atoms with Gasteiger partial charge in [-0.2, -0.15) is 0 Å². The van der Waals surface area contributed by atoms with Crippen LogP contribution in [0.15, 0.2) is 21.2 Å². The summed E-state index contributed by atoms with van der Waals surface area (Å²) < 4.78 is 5.70. The van der Waals surface area contributed by atoms with Crippen LogP contribution in [0.3, 0.4) is 0 Å². The molecule has 0 aliphatic rings. The number of unbranched alkanes of at least 4 members (excludes halogenated alkanes) is 2. The molecule has 1 aromatic rings. The van der Waals surface area contributed by atoms with Gasteiger partial charge in [-0.3, -0.25) is 4.79 Å². The standard InChI is InChI=1S/C10H13Br2NO2/c11-6-2-1-3-7-13-10(14)8-4-5-9(12)15-8/h4-5H,1-3,6-7H2,(H,13,14). The summed E-state index contributed by atoms with van der Waals surface area (Å²) in [6.07, 6.45) is 3.26. The zero-order chi connectivity index (χ0) is 11.1. The van der Waals surface area contributed by atoms with Crippen LogP contribution in [0.2, 0.25) is 0 Å². The van der Waals surface area contributed by atoms with Gasteiger partial charge in [-0.15, -0.1) is 0 Å². The zero-order valence-corrected chi connectivity index (χ0v) is 11.4. The van der Waals surface area contributed by atoms with E-state index in [1.807, 2.05) is 0 Å². The second-order valence-electron chi connectivity index (χ2n) is 3.11. The highest BCUT2D eigenvalue weighted by atomic mass is 79.9. The molecular formula is C10H13Br2NO2. The van der Waals surface area contributed by atoms with Gasteiger partial charge in [-0.25, -0.2) is 0 Å². The first-order chi connectivity index (χ1) is 7.24. The molecule has 84 valence electrons. The predicted octanol–water partition coefficient (Wildman–Crippen LogP) is 3.34. The van der Waals surface area contributed by atoms with E-state index in [1.165, 1.54) is 0 Å². The van der Waals surface area contributed by atoms with Crippen LogP contribution in [0.5, 0.6) is 0 Å². The molecule has 0 aliphatic heterocycles. The lowest BCUT2D eigenvalue weighted by molar-refractivity contribution is 0.0924. The first kappa shape index (κ1) is 12.8. The van der Waals surface area contributed by atoms with E-state index >= 15 is 0 Å². The van der Waals surface area contributed by atoms with Gasteiger partial charge in [0.15, 0.2) is 10.4 Å². The molecule has 1 rings (SSSR count). The lowest BCUT2D eigenvalue weighted by Crippen LogP contribution is -2.23. The smallest absolute Gasteiger partial charge is 0.287 e. The third kappa shape index (κ3) is 4.84. The van der Waals surface area contributed by atoms with Crippen molar-refractivity contribution in [2.24, 2.45) is 0 Å². The molecule has 5 heteroatoms. The van der Waals surface area contributed by atoms with Crippen LogP contribution in [0.1, 0.15) is 29.8 Å². The van der Waals surface area contributed by atoms with Crippen LogP contribution < -0.4 is 5.32 Å². The lowest BCUT2D eigenvalue weighted by Gasteiger charge is -2.01. The SMILES string of the molecule is O=C(NCCCCCBr)c1ccc(Br)o1. The lowest BCUT2D eigenvalue weighted by atomic mass is 10.2. The molecule has 3 nitrogen and oxygen atoms in total. The molecule has 1 N–H and O–H groups in total. The van der Waals surface area contributed by atoms with Crippen LogP contribution in [-0.4, -0.2) is 17.8 Å². The van der Waals surface area contributed by atoms with Crippen LogP contribution in [0, 0.1) is 0 Å². The van der Waals surface area contributed by atoms with Crippen molar-refractivity contribution in [1.29, 1.82) is 0 Å². The van der Waals surface area contributed by atoms with E-state index < -0.39 is 0 Å². The minimum atomic E-state index is -0.153. The minimum absolute atomic E-state index is 0.153. The number of alkyl halides is 1. The van der Waals surface area contributed by atoms with E-state index in [2.05, 4.69) is 37.2 Å². The molecular weight excluding hydrogens is 326 g/mol. The number of hydrogen-bond acceptors (Lipinski definition) is 2. The predicted molar refractivity (Wildman–Crippen MR) is 66.4 cm³/mol. The number of hydrogen-bond donors (Lipinski definition) is 1. The van der Waals surface area contributed by atoms with Gasteiger partial charge >= 0.3 is 0 Å². The molecule has 0 bridgehead atoms. The Labute approximate surface area is 106 Å². The molecule has 0 radical (unpaired) electrons. The van der Waals surface area contributed by atoms with Crippen molar-refractivity contribution in [1.82, 2.24) is 5.32 Å². The van der Waals surface area contributed by atoms with Crippen LogP contribution in [-0.2, 0) is 0 Å². The molecule has 1 amide bonds. The van der Waals surface area contributed by atoms with Crippen molar-refractivity contribution in [3.8, 4) is 0 Å². The molecule has 0 saturated carbocycles. The Morgan fingerprint density at radius 3 is 2.73 bits per heavy atom. The minimum Gasteiger partial charge on any atom is -0.444 e. The molecule has 0 aliphatic carbocycles. The fraction of sp³-hybridized carbons (Fsp3) is 0.500. The zero-order valence-electron chi connectivity index (χ0n) is 8.26. The van der Waals surface area contributed by atoms with Crippen molar-refractivity contribution in [2.75, 3.05) is 11.9 Å². The Bertz CT molecular complexity index is 312. The average molecular weight is 339 g/mol. The summed E-state index contributed by atoms with van der Waals surface area (Å²) in [5.41, 5.74) is 0. The fourth-order valence-corrected chi connectivity index (χ4v) is 1.82. The summed E-state index contributed by atoms with van der Waals surface area (Å²) in [5, 5.41) is 3.82. The van der Waals surface area contributed by atoms with E-state index in [-0.39, 0.29) is 5.91 Å². The van der Waals surface area contributed by atoms with Crippen LogP contribution in [0.25, 0.3) is 0 Å². The number of halogens is 2. The van der Waals surface area contributed by atoms with E-state index in [0.29, 0.717) is 17.0 Å². The molecule has 0 fully saturated rings. The summed E-state index contributed by atoms with van der Waals surface area (Å²) in [5.74, 6) is 0.196. The van der Waals surface area contributed by atoms with Gasteiger partial charge in [0.1, 0.15) is 0 Å². The Balaban J connectivity index is 2.19. The highest BCUT2D eigenvalue weighted by molar-refractivity contribution is 9.10. The highest BCUT2D eigenvalue weighted by Crippen LogP contribution is 2.13. The molecule has 0 atom stereocenters. The number of furan rings is 1. The van der Waals surface area contributed by atoms with Crippen molar-refractivity contribution in [3.63, 3.8) is 0 Å². The van der Waals surface area contributed by atoms with E-state index in [0.717, 1.165) is 24.6 Å². The van der Waals surface area contributed by atoms with Gasteiger partial charge in [0.2, 0.25) is 0 Å². The quantitative estimate of drug-likeness (QED) is 0.638. The van der Waals surface area contributed by atoms with Crippen molar-refractivity contribution >= 4 is 37.8 Å². The number of nitrogens with one attached hydrogen (secondary N) is 1. The summed E-state index contributed by atoms with van der Waals surface area (Å²) in [7, 11) is 0. The van der Waals surface area contributed by atoms with Gasteiger partial charge in [-0.05, 0) is 40.9 Å². The summed E-state index contributed by atoms with van der Waals surface area (Å²) in [6, 6.07) is 3.36. The molecule has 1 aromatic heterocycles. The number of rotatable bonds is 6. The first-order valence-corrected chi connectivity index (χ1v) is 6.75. The molecule has 0 aromatic carbocycles. The summed E-state index contributed by atoms with van der Waals surface area (Å²) in [4.78, 5) is 11.5. The fourth-order valence-electron chi connectivity index (χ4n) is 1.12. The van der Waals surface area contributed by atoms with Crippen molar-refractivity contribution in [2.45, 2.75) is 19.3 Å².